The lowest BCUT2D eigenvalue weighted by Gasteiger charge is -2.28. The summed E-state index contributed by atoms with van der Waals surface area (Å²) in [5, 5.41) is 0.582. The summed E-state index contributed by atoms with van der Waals surface area (Å²) < 4.78 is 6.94. The van der Waals surface area contributed by atoms with Crippen LogP contribution in [0.5, 0.6) is 5.75 Å². The summed E-state index contributed by atoms with van der Waals surface area (Å²) in [6.07, 6.45) is 2.21. The van der Waals surface area contributed by atoms with E-state index >= 15 is 0 Å². The van der Waals surface area contributed by atoms with Crippen molar-refractivity contribution in [1.82, 2.24) is 14.5 Å². The minimum atomic E-state index is -0.321. The van der Waals surface area contributed by atoms with Gasteiger partial charge in [-0.25, -0.2) is 4.79 Å². The van der Waals surface area contributed by atoms with Gasteiger partial charge in [0.15, 0.2) is 0 Å². The van der Waals surface area contributed by atoms with Crippen molar-refractivity contribution in [3.8, 4) is 5.75 Å². The van der Waals surface area contributed by atoms with Gasteiger partial charge in [-0.2, -0.15) is 0 Å². The Labute approximate surface area is 181 Å². The van der Waals surface area contributed by atoms with E-state index in [0.29, 0.717) is 35.8 Å². The number of nitrogens with zero attached hydrogens (tertiary/aromatic N) is 2. The van der Waals surface area contributed by atoms with Crippen LogP contribution >= 0.6 is 0 Å². The monoisotopic (exact) mass is 419 g/mol. The smallest absolute Gasteiger partial charge is 0.328 e. The summed E-state index contributed by atoms with van der Waals surface area (Å²) in [7, 11) is 1.74. The minimum absolute atomic E-state index is 0.200. The molecule has 1 aromatic heterocycles. The van der Waals surface area contributed by atoms with Crippen LogP contribution in [-0.2, 0) is 13.0 Å². The number of methoxy groups -OCH3 is 1. The van der Waals surface area contributed by atoms with Crippen molar-refractivity contribution in [3.05, 3.63) is 73.4 Å². The largest absolute Gasteiger partial charge is 0.496 e. The van der Waals surface area contributed by atoms with Gasteiger partial charge in [0.05, 0.1) is 18.0 Å². The van der Waals surface area contributed by atoms with Crippen LogP contribution in [0.25, 0.3) is 10.9 Å². The zero-order valence-electron chi connectivity index (χ0n) is 18.4. The molecule has 0 radical (unpaired) electrons. The van der Waals surface area contributed by atoms with Gasteiger partial charge in [0, 0.05) is 32.1 Å². The molecule has 1 saturated heterocycles. The lowest BCUT2D eigenvalue weighted by molar-refractivity contribution is 0.303. The topological polar surface area (TPSA) is 67.3 Å². The van der Waals surface area contributed by atoms with Gasteiger partial charge in [0.25, 0.3) is 5.56 Å². The first-order valence-corrected chi connectivity index (χ1v) is 11.1. The third-order valence-electron chi connectivity index (χ3n) is 7.40. The van der Waals surface area contributed by atoms with Crippen LogP contribution in [0.15, 0.2) is 39.9 Å². The molecule has 2 atom stereocenters. The second kappa shape index (κ2) is 7.68. The van der Waals surface area contributed by atoms with Gasteiger partial charge in [-0.3, -0.25) is 9.36 Å². The summed E-state index contributed by atoms with van der Waals surface area (Å²) in [6.45, 7) is 7.01. The van der Waals surface area contributed by atoms with Gasteiger partial charge < -0.3 is 14.6 Å². The number of aromatic nitrogens is 2. The van der Waals surface area contributed by atoms with Crippen molar-refractivity contribution in [2.75, 3.05) is 26.7 Å². The van der Waals surface area contributed by atoms with Crippen molar-refractivity contribution in [2.24, 2.45) is 5.92 Å². The number of benzene rings is 2. The molecule has 1 N–H and O–H groups in total. The fraction of sp³-hybridized carbons (Fsp3) is 0.440. The van der Waals surface area contributed by atoms with Crippen LogP contribution < -0.4 is 16.0 Å². The van der Waals surface area contributed by atoms with E-state index in [1.165, 1.54) is 15.7 Å². The first-order chi connectivity index (χ1) is 15.0. The molecule has 0 spiro atoms. The molecule has 2 heterocycles. The van der Waals surface area contributed by atoms with Crippen LogP contribution in [0.4, 0.5) is 0 Å². The fourth-order valence-electron chi connectivity index (χ4n) is 5.52. The fourth-order valence-corrected chi connectivity index (χ4v) is 5.52. The molecular weight excluding hydrogens is 390 g/mol. The summed E-state index contributed by atoms with van der Waals surface area (Å²) in [5.74, 6) is 2.11. The van der Waals surface area contributed by atoms with Gasteiger partial charge >= 0.3 is 5.69 Å². The quantitative estimate of drug-likeness (QED) is 0.706. The van der Waals surface area contributed by atoms with E-state index in [-0.39, 0.29) is 11.2 Å². The Bertz CT molecular complexity index is 1270. The number of hydrogen-bond acceptors (Lipinski definition) is 4. The van der Waals surface area contributed by atoms with Gasteiger partial charge in [0.1, 0.15) is 5.75 Å². The first kappa shape index (κ1) is 20.1. The molecule has 1 fully saturated rings. The normalized spacial score (nSPS) is 20.6. The Morgan fingerprint density at radius 2 is 1.94 bits per heavy atom. The average molecular weight is 420 g/mol. The summed E-state index contributed by atoms with van der Waals surface area (Å²) in [5.41, 5.74) is 4.91. The molecule has 3 aromatic rings. The minimum Gasteiger partial charge on any atom is -0.496 e. The molecule has 6 nitrogen and oxygen atoms in total. The molecule has 31 heavy (non-hydrogen) atoms. The highest BCUT2D eigenvalue weighted by atomic mass is 16.5. The lowest BCUT2D eigenvalue weighted by Crippen LogP contribution is -2.39. The van der Waals surface area contributed by atoms with E-state index in [0.717, 1.165) is 42.8 Å². The zero-order valence-corrected chi connectivity index (χ0v) is 18.4. The van der Waals surface area contributed by atoms with Gasteiger partial charge in [-0.05, 0) is 67.0 Å². The predicted octanol–water partition coefficient (Wildman–Crippen LogP) is 2.98. The van der Waals surface area contributed by atoms with E-state index < -0.39 is 0 Å². The molecule has 6 heteroatoms. The number of nitrogens with one attached hydrogen (secondary N) is 1. The number of fused-ring (bicyclic) bond motifs is 4. The number of rotatable bonds is 4. The van der Waals surface area contributed by atoms with E-state index in [1.807, 2.05) is 32.0 Å². The Balaban J connectivity index is 1.37. The third-order valence-corrected chi connectivity index (χ3v) is 7.40. The van der Waals surface area contributed by atoms with Gasteiger partial charge in [-0.1, -0.05) is 18.2 Å². The number of aromatic amines is 1. The summed E-state index contributed by atoms with van der Waals surface area (Å²) >= 11 is 0. The second-order valence-electron chi connectivity index (χ2n) is 9.01. The van der Waals surface area contributed by atoms with Crippen LogP contribution in [0, 0.1) is 19.8 Å². The maximum Gasteiger partial charge on any atom is 0.328 e. The first-order valence-electron chi connectivity index (χ1n) is 11.1. The molecule has 0 bridgehead atoms. The molecule has 1 aliphatic heterocycles. The summed E-state index contributed by atoms with van der Waals surface area (Å²) in [4.78, 5) is 31.0. The number of ether oxygens (including phenoxy) is 1. The molecule has 162 valence electrons. The van der Waals surface area contributed by atoms with Crippen molar-refractivity contribution in [1.29, 1.82) is 0 Å². The maximum atomic E-state index is 13.0. The highest BCUT2D eigenvalue weighted by Gasteiger charge is 2.38. The molecule has 2 aliphatic rings. The van der Waals surface area contributed by atoms with E-state index in [4.69, 9.17) is 4.74 Å². The standard InChI is InChI=1S/C25H29N3O3/c1-15-7-9-20-23(16(15)2)26-25(30)28(24(20)29)12-11-27-13-17-8-10-19-18(21(17)14-27)5-4-6-22(19)31-3/h4-7,9,17,21H,8,10-14H2,1-3H3,(H,26,30)/t17-,21+/m0/s1. The van der Waals surface area contributed by atoms with Crippen LogP contribution in [0.3, 0.4) is 0 Å². The van der Waals surface area contributed by atoms with Crippen LogP contribution in [0.2, 0.25) is 0 Å². The zero-order chi connectivity index (χ0) is 21.7. The molecular formula is C25H29N3O3. The van der Waals surface area contributed by atoms with Crippen molar-refractivity contribution in [3.63, 3.8) is 0 Å². The molecule has 0 unspecified atom stereocenters. The molecule has 0 amide bonds. The predicted molar refractivity (Wildman–Crippen MR) is 122 cm³/mol. The molecule has 1 aliphatic carbocycles. The van der Waals surface area contributed by atoms with E-state index in [2.05, 4.69) is 22.0 Å². The lowest BCUT2D eigenvalue weighted by atomic mass is 9.77. The van der Waals surface area contributed by atoms with Gasteiger partial charge in [0.2, 0.25) is 0 Å². The second-order valence-corrected chi connectivity index (χ2v) is 9.01. The van der Waals surface area contributed by atoms with Gasteiger partial charge in [-0.15, -0.1) is 0 Å². The average Bonchev–Trinajstić information content (AvgIpc) is 3.19. The number of hydrogen-bond donors (Lipinski definition) is 1. The number of aryl methyl sites for hydroxylation is 2. The number of likely N-dealkylation sites (tertiary alicyclic amines) is 1. The molecule has 2 aromatic carbocycles. The van der Waals surface area contributed by atoms with Crippen LogP contribution in [0.1, 0.15) is 34.6 Å². The SMILES string of the molecule is COc1cccc2c1CC[C@H]1CN(CCn3c(=O)[nH]c4c(C)c(C)ccc4c3=O)C[C@@H]21. The Morgan fingerprint density at radius 3 is 2.74 bits per heavy atom. The number of H-pyrrole nitrogens is 1. The van der Waals surface area contributed by atoms with E-state index in [1.54, 1.807) is 7.11 Å². The van der Waals surface area contributed by atoms with Crippen molar-refractivity contribution >= 4 is 10.9 Å². The van der Waals surface area contributed by atoms with E-state index in [9.17, 15) is 9.59 Å². The van der Waals surface area contributed by atoms with Crippen LogP contribution in [-0.4, -0.2) is 41.2 Å². The Kier molecular flexibility index (Phi) is 4.97. The highest BCUT2D eigenvalue weighted by molar-refractivity contribution is 5.81. The summed E-state index contributed by atoms with van der Waals surface area (Å²) in [6, 6.07) is 10.1. The molecule has 5 rings (SSSR count). The van der Waals surface area contributed by atoms with Crippen molar-refractivity contribution in [2.45, 2.75) is 39.2 Å². The Hall–Kier alpha value is -2.86. The third kappa shape index (κ3) is 3.30. The Morgan fingerprint density at radius 1 is 1.10 bits per heavy atom. The molecule has 0 saturated carbocycles. The maximum absolute atomic E-state index is 13.0. The highest BCUT2D eigenvalue weighted by Crippen LogP contribution is 2.43. The van der Waals surface area contributed by atoms with Crippen molar-refractivity contribution < 1.29 is 4.74 Å².